The van der Waals surface area contributed by atoms with Crippen molar-refractivity contribution in [2.45, 2.75) is 26.4 Å². The first-order valence-electron chi connectivity index (χ1n) is 7.72. The number of ether oxygens (including phenoxy) is 1. The summed E-state index contributed by atoms with van der Waals surface area (Å²) in [5, 5.41) is 3.20. The highest BCUT2D eigenvalue weighted by atomic mass is 32.1. The Bertz CT molecular complexity index is 879. The molecular weight excluding hydrogens is 328 g/mol. The maximum atomic E-state index is 12.3. The number of nitrogens with one attached hydrogen (secondary N) is 1. The lowest BCUT2D eigenvalue weighted by molar-refractivity contribution is 0.226. The highest BCUT2D eigenvalue weighted by molar-refractivity contribution is 7.14. The Kier molecular flexibility index (Phi) is 4.75. The molecule has 0 unspecified atom stereocenters. The van der Waals surface area contributed by atoms with Gasteiger partial charge in [-0.15, -0.1) is 0 Å². The first kappa shape index (κ1) is 16.4. The standard InChI is InChI=1S/C16H18N4O3S/c1-10(2)23-13-11(5-3-7-17-13)9-19-16(22)20-15(21)12-6-4-8-18-14(12)24-20/h4-6,8,10H,3,7,9H2,1-2H3,(H,19,22). The van der Waals surface area contributed by atoms with Crippen molar-refractivity contribution in [1.82, 2.24) is 14.3 Å². The van der Waals surface area contributed by atoms with Crippen molar-refractivity contribution >= 4 is 33.7 Å². The van der Waals surface area contributed by atoms with Crippen LogP contribution < -0.4 is 10.9 Å². The van der Waals surface area contributed by atoms with Gasteiger partial charge in [-0.25, -0.2) is 9.78 Å². The van der Waals surface area contributed by atoms with Crippen molar-refractivity contribution in [2.75, 3.05) is 13.1 Å². The SMILES string of the molecule is CC(C)OC1=NCCC=C1CNC(=O)n1sc2ncccc2c1=O. The number of fused-ring (bicyclic) bond motifs is 1. The summed E-state index contributed by atoms with van der Waals surface area (Å²) in [6.07, 6.45) is 4.42. The minimum atomic E-state index is -0.474. The second-order valence-electron chi connectivity index (χ2n) is 5.58. The molecule has 2 aromatic rings. The van der Waals surface area contributed by atoms with Crippen molar-refractivity contribution in [2.24, 2.45) is 4.99 Å². The molecule has 1 aliphatic rings. The number of hydrogen-bond acceptors (Lipinski definition) is 6. The van der Waals surface area contributed by atoms with Crippen molar-refractivity contribution < 1.29 is 9.53 Å². The van der Waals surface area contributed by atoms with Crippen molar-refractivity contribution in [3.05, 3.63) is 40.3 Å². The molecule has 3 rings (SSSR count). The Labute approximate surface area is 142 Å². The molecule has 3 heterocycles. The fraction of sp³-hybridized carbons (Fsp3) is 0.375. The van der Waals surface area contributed by atoms with Gasteiger partial charge >= 0.3 is 6.03 Å². The van der Waals surface area contributed by atoms with Crippen LogP contribution in [0.3, 0.4) is 0 Å². The molecule has 0 aliphatic carbocycles. The molecule has 8 heteroatoms. The van der Waals surface area contributed by atoms with Gasteiger partial charge in [0.15, 0.2) is 0 Å². The Hall–Kier alpha value is -2.48. The van der Waals surface area contributed by atoms with Gasteiger partial charge in [-0.05, 0) is 43.9 Å². The lowest BCUT2D eigenvalue weighted by Crippen LogP contribution is -2.36. The van der Waals surface area contributed by atoms with Crippen LogP contribution in [-0.2, 0) is 4.74 Å². The predicted octanol–water partition coefficient (Wildman–Crippen LogP) is 2.17. The molecule has 0 saturated heterocycles. The van der Waals surface area contributed by atoms with E-state index in [2.05, 4.69) is 15.3 Å². The number of aliphatic imine (C=N–C) groups is 1. The van der Waals surface area contributed by atoms with E-state index in [9.17, 15) is 9.59 Å². The zero-order valence-corrected chi connectivity index (χ0v) is 14.3. The molecule has 24 heavy (non-hydrogen) atoms. The van der Waals surface area contributed by atoms with E-state index >= 15 is 0 Å². The minimum Gasteiger partial charge on any atom is -0.475 e. The zero-order chi connectivity index (χ0) is 17.1. The molecule has 0 aromatic carbocycles. The van der Waals surface area contributed by atoms with Crippen molar-refractivity contribution in [3.63, 3.8) is 0 Å². The fourth-order valence-electron chi connectivity index (χ4n) is 2.32. The van der Waals surface area contributed by atoms with E-state index in [1.165, 1.54) is 0 Å². The molecule has 0 radical (unpaired) electrons. The summed E-state index contributed by atoms with van der Waals surface area (Å²) in [4.78, 5) is 33.6. The van der Waals surface area contributed by atoms with Gasteiger partial charge in [0.1, 0.15) is 4.83 Å². The lowest BCUT2D eigenvalue weighted by atomic mass is 10.1. The third-order valence-electron chi connectivity index (χ3n) is 3.38. The largest absolute Gasteiger partial charge is 0.475 e. The van der Waals surface area contributed by atoms with E-state index in [-0.39, 0.29) is 18.2 Å². The second kappa shape index (κ2) is 6.96. The topological polar surface area (TPSA) is 85.6 Å². The van der Waals surface area contributed by atoms with E-state index in [1.807, 2.05) is 19.9 Å². The molecule has 0 spiro atoms. The third-order valence-corrected chi connectivity index (χ3v) is 4.39. The van der Waals surface area contributed by atoms with Crippen LogP contribution in [0.4, 0.5) is 4.79 Å². The highest BCUT2D eigenvalue weighted by Gasteiger charge is 2.17. The van der Waals surface area contributed by atoms with Gasteiger partial charge in [0.05, 0.1) is 11.5 Å². The molecule has 126 valence electrons. The fourth-order valence-corrected chi connectivity index (χ4v) is 3.18. The van der Waals surface area contributed by atoms with E-state index in [1.54, 1.807) is 18.3 Å². The van der Waals surface area contributed by atoms with Crippen molar-refractivity contribution in [1.29, 1.82) is 0 Å². The van der Waals surface area contributed by atoms with Gasteiger partial charge in [0, 0.05) is 24.9 Å². The van der Waals surface area contributed by atoms with Crippen LogP contribution in [0.25, 0.3) is 10.2 Å². The first-order valence-corrected chi connectivity index (χ1v) is 8.49. The van der Waals surface area contributed by atoms with Crippen LogP contribution in [-0.4, -0.2) is 40.1 Å². The number of carbonyl (C=O) groups excluding carboxylic acids is 1. The number of dihydropyridines is 1. The normalized spacial score (nSPS) is 14.5. The molecule has 0 bridgehead atoms. The monoisotopic (exact) mass is 346 g/mol. The summed E-state index contributed by atoms with van der Waals surface area (Å²) in [5.74, 6) is 0.557. The molecule has 2 aromatic heterocycles. The maximum Gasteiger partial charge on any atom is 0.338 e. The number of pyridine rings is 1. The summed E-state index contributed by atoms with van der Waals surface area (Å²) >= 11 is 1.03. The minimum absolute atomic E-state index is 0.0113. The molecule has 0 saturated carbocycles. The van der Waals surface area contributed by atoms with Crippen LogP contribution >= 0.6 is 11.5 Å². The van der Waals surface area contributed by atoms with Crippen molar-refractivity contribution in [3.8, 4) is 0 Å². The van der Waals surface area contributed by atoms with Crippen LogP contribution in [0.1, 0.15) is 20.3 Å². The van der Waals surface area contributed by atoms with Crippen LogP contribution in [0.15, 0.2) is 39.8 Å². The van der Waals surface area contributed by atoms with Crippen LogP contribution in [0.5, 0.6) is 0 Å². The highest BCUT2D eigenvalue weighted by Crippen LogP contribution is 2.13. The molecular formula is C16H18N4O3S. The van der Waals surface area contributed by atoms with Gasteiger partial charge in [-0.1, -0.05) is 6.08 Å². The molecule has 1 aliphatic heterocycles. The van der Waals surface area contributed by atoms with E-state index < -0.39 is 6.03 Å². The summed E-state index contributed by atoms with van der Waals surface area (Å²) in [5.41, 5.74) is 0.473. The zero-order valence-electron chi connectivity index (χ0n) is 13.5. The number of aromatic nitrogens is 2. The number of hydrogen-bond donors (Lipinski definition) is 1. The predicted molar refractivity (Wildman–Crippen MR) is 93.9 cm³/mol. The van der Waals surface area contributed by atoms with E-state index in [0.717, 1.165) is 27.5 Å². The van der Waals surface area contributed by atoms with Gasteiger partial charge in [0.25, 0.3) is 5.56 Å². The average molecular weight is 346 g/mol. The summed E-state index contributed by atoms with van der Waals surface area (Å²) < 4.78 is 6.75. The Balaban J connectivity index is 1.73. The quantitative estimate of drug-likeness (QED) is 0.923. The third kappa shape index (κ3) is 3.38. The second-order valence-corrected chi connectivity index (χ2v) is 6.51. The summed E-state index contributed by atoms with van der Waals surface area (Å²) in [6.45, 7) is 4.80. The Morgan fingerprint density at radius 2 is 2.33 bits per heavy atom. The molecule has 1 amide bonds. The van der Waals surface area contributed by atoms with E-state index in [0.29, 0.717) is 22.7 Å². The van der Waals surface area contributed by atoms with E-state index in [4.69, 9.17) is 4.74 Å². The number of rotatable bonds is 3. The molecule has 1 N–H and O–H groups in total. The van der Waals surface area contributed by atoms with Crippen LogP contribution in [0, 0.1) is 0 Å². The Morgan fingerprint density at radius 3 is 3.08 bits per heavy atom. The Morgan fingerprint density at radius 1 is 1.50 bits per heavy atom. The van der Waals surface area contributed by atoms with Gasteiger partial charge in [-0.2, -0.15) is 3.96 Å². The maximum absolute atomic E-state index is 12.3. The summed E-state index contributed by atoms with van der Waals surface area (Å²) in [6, 6.07) is 2.87. The average Bonchev–Trinajstić information content (AvgIpc) is 2.91. The molecule has 7 nitrogen and oxygen atoms in total. The number of amides is 1. The number of carbonyl (C=O) groups is 1. The number of nitrogens with zero attached hydrogens (tertiary/aromatic N) is 3. The molecule has 0 fully saturated rings. The van der Waals surface area contributed by atoms with Gasteiger partial charge in [0.2, 0.25) is 5.90 Å². The van der Waals surface area contributed by atoms with Crippen LogP contribution in [0.2, 0.25) is 0 Å². The first-order chi connectivity index (χ1) is 11.6. The smallest absolute Gasteiger partial charge is 0.338 e. The lowest BCUT2D eigenvalue weighted by Gasteiger charge is -2.18. The van der Waals surface area contributed by atoms with Gasteiger partial charge < -0.3 is 10.1 Å². The summed E-state index contributed by atoms with van der Waals surface area (Å²) in [7, 11) is 0. The molecule has 0 atom stereocenters. The van der Waals surface area contributed by atoms with Gasteiger partial charge in [-0.3, -0.25) is 9.79 Å².